The number of carbonyl (C=O) groups is 2. The number of nitrogens with one attached hydrogen (secondary N) is 1. The first-order chi connectivity index (χ1) is 11.0. The Morgan fingerprint density at radius 2 is 2.00 bits per heavy atom. The average Bonchev–Trinajstić information content (AvgIpc) is 2.81. The van der Waals surface area contributed by atoms with Crippen molar-refractivity contribution in [3.63, 3.8) is 0 Å². The minimum atomic E-state index is -0.125. The van der Waals surface area contributed by atoms with Crippen molar-refractivity contribution in [2.45, 2.75) is 31.8 Å². The third-order valence-corrected chi connectivity index (χ3v) is 4.69. The molecule has 1 N–H and O–H groups in total. The number of nitrogens with zero attached hydrogens (tertiary/aromatic N) is 2. The number of carbonyl (C=O) groups excluding carboxylic acids is 2. The molecule has 0 saturated carbocycles. The molecule has 0 unspecified atom stereocenters. The van der Waals surface area contributed by atoms with Gasteiger partial charge in [0.05, 0.1) is 12.1 Å². The van der Waals surface area contributed by atoms with Gasteiger partial charge < -0.3 is 10.2 Å². The molecule has 2 amide bonds. The first-order valence-corrected chi connectivity index (χ1v) is 8.20. The molecule has 0 aromatic heterocycles. The van der Waals surface area contributed by atoms with E-state index in [0.29, 0.717) is 13.0 Å². The summed E-state index contributed by atoms with van der Waals surface area (Å²) in [4.78, 5) is 28.2. The van der Waals surface area contributed by atoms with Gasteiger partial charge in [-0.2, -0.15) is 0 Å². The largest absolute Gasteiger partial charge is 0.354 e. The van der Waals surface area contributed by atoms with Gasteiger partial charge in [-0.1, -0.05) is 37.3 Å². The Morgan fingerprint density at radius 3 is 2.57 bits per heavy atom. The molecule has 1 aromatic rings. The molecule has 1 aromatic carbocycles. The van der Waals surface area contributed by atoms with Crippen molar-refractivity contribution >= 4 is 11.8 Å². The van der Waals surface area contributed by atoms with E-state index in [4.69, 9.17) is 0 Å². The second-order valence-electron chi connectivity index (χ2n) is 6.46. The predicted molar refractivity (Wildman–Crippen MR) is 90.8 cm³/mol. The van der Waals surface area contributed by atoms with Crippen molar-refractivity contribution in [2.24, 2.45) is 5.92 Å². The van der Waals surface area contributed by atoms with Crippen LogP contribution in [0.5, 0.6) is 0 Å². The number of benzene rings is 1. The minimum absolute atomic E-state index is 0.0310. The Morgan fingerprint density at radius 1 is 1.35 bits per heavy atom. The number of likely N-dealkylation sites (tertiary alicyclic amines) is 1. The van der Waals surface area contributed by atoms with Gasteiger partial charge in [-0.3, -0.25) is 14.5 Å². The van der Waals surface area contributed by atoms with Crippen LogP contribution in [0.1, 0.15) is 31.4 Å². The van der Waals surface area contributed by atoms with Crippen LogP contribution in [0.25, 0.3) is 0 Å². The lowest BCUT2D eigenvalue weighted by molar-refractivity contribution is -0.128. The first kappa shape index (κ1) is 17.5. The topological polar surface area (TPSA) is 52.7 Å². The van der Waals surface area contributed by atoms with E-state index in [-0.39, 0.29) is 29.8 Å². The third-order valence-electron chi connectivity index (χ3n) is 4.69. The normalized spacial score (nSPS) is 22.5. The third kappa shape index (κ3) is 3.91. The van der Waals surface area contributed by atoms with E-state index in [2.05, 4.69) is 5.32 Å². The van der Waals surface area contributed by atoms with Crippen LogP contribution < -0.4 is 5.32 Å². The molecule has 1 saturated heterocycles. The standard InChI is InChI=1S/C18H27N3O2/c1-5-15(20(2)3)18(23)19-12-14-11-16(22)21(4)17(14)13-9-7-6-8-10-13/h6-10,14-15,17H,5,11-12H2,1-4H3,(H,19,23)/t14-,15-,17-/m1/s1. The fourth-order valence-corrected chi connectivity index (χ4v) is 3.42. The number of hydrogen-bond donors (Lipinski definition) is 1. The molecule has 0 aliphatic carbocycles. The molecule has 126 valence electrons. The molecule has 1 heterocycles. The van der Waals surface area contributed by atoms with Crippen LogP contribution >= 0.6 is 0 Å². The van der Waals surface area contributed by atoms with Crippen LogP contribution in [0.4, 0.5) is 0 Å². The Hall–Kier alpha value is -1.88. The summed E-state index contributed by atoms with van der Waals surface area (Å²) in [7, 11) is 5.66. The van der Waals surface area contributed by atoms with Crippen LogP contribution in [0, 0.1) is 5.92 Å². The summed E-state index contributed by atoms with van der Waals surface area (Å²) < 4.78 is 0. The molecular weight excluding hydrogens is 290 g/mol. The summed E-state index contributed by atoms with van der Waals surface area (Å²) in [6.45, 7) is 2.53. The molecule has 1 fully saturated rings. The van der Waals surface area contributed by atoms with E-state index in [1.807, 2.05) is 63.3 Å². The Kier molecular flexibility index (Phi) is 5.77. The van der Waals surface area contributed by atoms with Crippen molar-refractivity contribution in [2.75, 3.05) is 27.7 Å². The van der Waals surface area contributed by atoms with Crippen molar-refractivity contribution in [3.8, 4) is 0 Å². The molecule has 5 heteroatoms. The maximum absolute atomic E-state index is 12.3. The lowest BCUT2D eigenvalue weighted by Gasteiger charge is -2.27. The van der Waals surface area contributed by atoms with Crippen molar-refractivity contribution in [1.82, 2.24) is 15.1 Å². The highest BCUT2D eigenvalue weighted by Gasteiger charge is 2.38. The Balaban J connectivity index is 2.06. The fraction of sp³-hybridized carbons (Fsp3) is 0.556. The molecule has 23 heavy (non-hydrogen) atoms. The van der Waals surface area contributed by atoms with Crippen LogP contribution in [0.15, 0.2) is 30.3 Å². The van der Waals surface area contributed by atoms with Crippen LogP contribution in [-0.2, 0) is 9.59 Å². The molecule has 1 aliphatic rings. The van der Waals surface area contributed by atoms with E-state index in [1.54, 1.807) is 4.90 Å². The van der Waals surface area contributed by atoms with Gasteiger partial charge in [0.1, 0.15) is 0 Å². The fourth-order valence-electron chi connectivity index (χ4n) is 3.42. The van der Waals surface area contributed by atoms with Gasteiger partial charge >= 0.3 is 0 Å². The molecule has 0 radical (unpaired) electrons. The summed E-state index contributed by atoms with van der Waals surface area (Å²) in [5, 5.41) is 3.04. The number of amides is 2. The zero-order valence-corrected chi connectivity index (χ0v) is 14.5. The van der Waals surface area contributed by atoms with Gasteiger partial charge in [-0.15, -0.1) is 0 Å². The Labute approximate surface area is 138 Å². The van der Waals surface area contributed by atoms with Crippen molar-refractivity contribution < 1.29 is 9.59 Å². The summed E-state index contributed by atoms with van der Waals surface area (Å²) in [5.74, 6) is 0.280. The van der Waals surface area contributed by atoms with Crippen LogP contribution in [0.3, 0.4) is 0 Å². The highest BCUT2D eigenvalue weighted by Crippen LogP contribution is 2.36. The zero-order valence-electron chi connectivity index (χ0n) is 14.5. The van der Waals surface area contributed by atoms with E-state index in [9.17, 15) is 9.59 Å². The van der Waals surface area contributed by atoms with Gasteiger partial charge in [-0.05, 0) is 26.1 Å². The van der Waals surface area contributed by atoms with Gasteiger partial charge in [-0.25, -0.2) is 0 Å². The molecule has 0 spiro atoms. The number of hydrogen-bond acceptors (Lipinski definition) is 3. The quantitative estimate of drug-likeness (QED) is 0.868. The maximum Gasteiger partial charge on any atom is 0.237 e. The molecule has 0 bridgehead atoms. The Bertz CT molecular complexity index is 544. The van der Waals surface area contributed by atoms with E-state index < -0.39 is 0 Å². The first-order valence-electron chi connectivity index (χ1n) is 8.20. The minimum Gasteiger partial charge on any atom is -0.354 e. The lowest BCUT2D eigenvalue weighted by atomic mass is 9.93. The zero-order chi connectivity index (χ0) is 17.0. The summed E-state index contributed by atoms with van der Waals surface area (Å²) in [6.07, 6.45) is 1.25. The van der Waals surface area contributed by atoms with Crippen LogP contribution in [0.2, 0.25) is 0 Å². The van der Waals surface area contributed by atoms with Crippen LogP contribution in [-0.4, -0.2) is 55.3 Å². The number of rotatable bonds is 6. The highest BCUT2D eigenvalue weighted by molar-refractivity contribution is 5.82. The SMILES string of the molecule is CC[C@H](C(=O)NC[C@H]1CC(=O)N(C)[C@@H]1c1ccccc1)N(C)C. The van der Waals surface area contributed by atoms with Crippen molar-refractivity contribution in [1.29, 1.82) is 0 Å². The summed E-state index contributed by atoms with van der Waals surface area (Å²) >= 11 is 0. The van der Waals surface area contributed by atoms with Gasteiger partial charge in [0.25, 0.3) is 0 Å². The second kappa shape index (κ2) is 7.59. The summed E-state index contributed by atoms with van der Waals surface area (Å²) in [5.41, 5.74) is 1.12. The van der Waals surface area contributed by atoms with E-state index in [0.717, 1.165) is 12.0 Å². The predicted octanol–water partition coefficient (Wildman–Crippen LogP) is 1.66. The highest BCUT2D eigenvalue weighted by atomic mass is 16.2. The molecule has 1 aliphatic heterocycles. The summed E-state index contributed by atoms with van der Waals surface area (Å²) in [6, 6.07) is 9.94. The molecule has 3 atom stereocenters. The van der Waals surface area contributed by atoms with E-state index >= 15 is 0 Å². The number of likely N-dealkylation sites (N-methyl/N-ethyl adjacent to an activating group) is 1. The molecule has 5 nitrogen and oxygen atoms in total. The van der Waals surface area contributed by atoms with Crippen molar-refractivity contribution in [3.05, 3.63) is 35.9 Å². The van der Waals surface area contributed by atoms with Gasteiger partial charge in [0.2, 0.25) is 11.8 Å². The van der Waals surface area contributed by atoms with Gasteiger partial charge in [0, 0.05) is 25.9 Å². The van der Waals surface area contributed by atoms with Gasteiger partial charge in [0.15, 0.2) is 0 Å². The van der Waals surface area contributed by atoms with E-state index in [1.165, 1.54) is 0 Å². The average molecular weight is 317 g/mol. The molecular formula is C18H27N3O2. The smallest absolute Gasteiger partial charge is 0.237 e. The monoisotopic (exact) mass is 317 g/mol. The lowest BCUT2D eigenvalue weighted by Crippen LogP contribution is -2.45. The molecule has 2 rings (SSSR count). The maximum atomic E-state index is 12.3. The second-order valence-corrected chi connectivity index (χ2v) is 6.46.